The molecule has 0 spiro atoms. The number of hydrogen-bond donors (Lipinski definition) is 2. The molecule has 1 amide bonds. The summed E-state index contributed by atoms with van der Waals surface area (Å²) in [5.41, 5.74) is -0.0183. The van der Waals surface area contributed by atoms with Gasteiger partial charge in [-0.25, -0.2) is 4.79 Å². The van der Waals surface area contributed by atoms with E-state index in [4.69, 9.17) is 26.2 Å². The third-order valence-corrected chi connectivity index (χ3v) is 6.76. The molecule has 2 aromatic carbocycles. The summed E-state index contributed by atoms with van der Waals surface area (Å²) in [6.45, 7) is -2.58. The minimum atomic E-state index is -3.11. The first-order chi connectivity index (χ1) is 19.2. The molecule has 3 aromatic rings. The van der Waals surface area contributed by atoms with Gasteiger partial charge in [0.05, 0.1) is 18.8 Å². The molecule has 1 fully saturated rings. The van der Waals surface area contributed by atoms with E-state index in [0.29, 0.717) is 18.7 Å². The first-order valence-corrected chi connectivity index (χ1v) is 12.9. The molecule has 1 aliphatic heterocycles. The number of anilines is 1. The second-order valence-corrected chi connectivity index (χ2v) is 9.54. The maximum absolute atomic E-state index is 13.7. The SMILES string of the molecule is COc1c(-c2cc(Cl)ccc2OC(F)F)ccn(C(C[C@@H]2CCCCO2)C(=O)Nc2ccc(C(=O)O)cc2)c1=O. The van der Waals surface area contributed by atoms with Crippen LogP contribution in [0, 0.1) is 0 Å². The lowest BCUT2D eigenvalue weighted by Crippen LogP contribution is -2.37. The molecule has 1 aromatic heterocycles. The standard InChI is InChI=1S/C28H27ClF2N2O7/c1-38-24-20(21-14-17(29)7-10-23(21)40-28(30)31)11-12-33(26(24)35)22(15-19-4-2-3-13-39-19)25(34)32-18-8-5-16(6-9-18)27(36)37/h5-12,14,19,22,28H,2-4,13,15H2,1H3,(H,32,34)(H,36,37)/t19-,22?/m0/s1. The Bertz CT molecular complexity index is 1420. The third-order valence-electron chi connectivity index (χ3n) is 6.53. The van der Waals surface area contributed by atoms with E-state index in [1.165, 1.54) is 66.4 Å². The van der Waals surface area contributed by atoms with Crippen molar-refractivity contribution >= 4 is 29.2 Å². The Morgan fingerprint density at radius 1 is 1.15 bits per heavy atom. The number of nitrogens with zero attached hydrogens (tertiary/aromatic N) is 1. The molecule has 4 rings (SSSR count). The van der Waals surface area contributed by atoms with Crippen LogP contribution in [0.4, 0.5) is 14.5 Å². The van der Waals surface area contributed by atoms with E-state index >= 15 is 0 Å². The predicted molar refractivity (Wildman–Crippen MR) is 144 cm³/mol. The topological polar surface area (TPSA) is 116 Å². The lowest BCUT2D eigenvalue weighted by molar-refractivity contribution is -0.121. The van der Waals surface area contributed by atoms with Crippen LogP contribution in [-0.2, 0) is 9.53 Å². The first kappa shape index (κ1) is 29.0. The fourth-order valence-corrected chi connectivity index (χ4v) is 4.78. The van der Waals surface area contributed by atoms with Crippen molar-refractivity contribution in [2.24, 2.45) is 0 Å². The molecule has 2 heterocycles. The number of benzene rings is 2. The van der Waals surface area contributed by atoms with Crippen LogP contribution in [-0.4, -0.2) is 48.0 Å². The highest BCUT2D eigenvalue weighted by atomic mass is 35.5. The lowest BCUT2D eigenvalue weighted by atomic mass is 10.00. The van der Waals surface area contributed by atoms with Gasteiger partial charge >= 0.3 is 12.6 Å². The predicted octanol–water partition coefficient (Wildman–Crippen LogP) is 5.62. The van der Waals surface area contributed by atoms with E-state index in [-0.39, 0.29) is 45.7 Å². The van der Waals surface area contributed by atoms with E-state index in [2.05, 4.69) is 10.1 Å². The second-order valence-electron chi connectivity index (χ2n) is 9.11. The molecule has 0 saturated carbocycles. The van der Waals surface area contributed by atoms with Crippen molar-refractivity contribution in [1.29, 1.82) is 0 Å². The molecule has 40 heavy (non-hydrogen) atoms. The average molecular weight is 577 g/mol. The first-order valence-electron chi connectivity index (χ1n) is 12.5. The quantitative estimate of drug-likeness (QED) is 0.322. The number of carboxylic acid groups (broad SMARTS) is 1. The number of aromatic carboxylic acids is 1. The molecule has 1 unspecified atom stereocenters. The lowest BCUT2D eigenvalue weighted by Gasteiger charge is -2.28. The normalized spacial score (nSPS) is 15.9. The zero-order chi connectivity index (χ0) is 28.8. The van der Waals surface area contributed by atoms with Gasteiger partial charge < -0.3 is 24.6 Å². The van der Waals surface area contributed by atoms with E-state index in [1.54, 1.807) is 0 Å². The van der Waals surface area contributed by atoms with Crippen LogP contribution in [0.3, 0.4) is 0 Å². The highest BCUT2D eigenvalue weighted by molar-refractivity contribution is 6.31. The summed E-state index contributed by atoms with van der Waals surface area (Å²) in [4.78, 5) is 38.4. The largest absolute Gasteiger partial charge is 0.491 e. The third kappa shape index (κ3) is 6.78. The number of pyridine rings is 1. The molecular weight excluding hydrogens is 550 g/mol. The van der Waals surface area contributed by atoms with Crippen LogP contribution in [0.15, 0.2) is 59.5 Å². The molecule has 2 atom stereocenters. The summed E-state index contributed by atoms with van der Waals surface area (Å²) in [6.07, 6.45) is 3.79. The van der Waals surface area contributed by atoms with Crippen LogP contribution >= 0.6 is 11.6 Å². The van der Waals surface area contributed by atoms with Crippen LogP contribution in [0.5, 0.6) is 11.5 Å². The number of carbonyl (C=O) groups is 2. The van der Waals surface area contributed by atoms with E-state index in [9.17, 15) is 23.2 Å². The number of carboxylic acids is 1. The van der Waals surface area contributed by atoms with E-state index in [0.717, 1.165) is 12.8 Å². The number of ether oxygens (including phenoxy) is 3. The number of amides is 1. The summed E-state index contributed by atoms with van der Waals surface area (Å²) in [5.74, 6) is -2.04. The maximum Gasteiger partial charge on any atom is 0.387 e. The van der Waals surface area contributed by atoms with Crippen LogP contribution in [0.25, 0.3) is 11.1 Å². The summed E-state index contributed by atoms with van der Waals surface area (Å²) < 4.78 is 43.2. The number of carbonyl (C=O) groups excluding carboxylic acids is 1. The van der Waals surface area contributed by atoms with Gasteiger partial charge in [0.15, 0.2) is 5.75 Å². The Kier molecular flexibility index (Phi) is 9.38. The molecule has 9 nitrogen and oxygen atoms in total. The van der Waals surface area contributed by atoms with Crippen molar-refractivity contribution in [1.82, 2.24) is 4.57 Å². The summed E-state index contributed by atoms with van der Waals surface area (Å²) in [6, 6.07) is 10.1. The Morgan fingerprint density at radius 3 is 2.52 bits per heavy atom. The van der Waals surface area contributed by atoms with Gasteiger partial charge in [0.25, 0.3) is 5.56 Å². The summed E-state index contributed by atoms with van der Waals surface area (Å²) in [5, 5.41) is 12.1. The Hall–Kier alpha value is -3.96. The molecular formula is C28H27ClF2N2O7. The molecule has 0 radical (unpaired) electrons. The van der Waals surface area contributed by atoms with Gasteiger partial charge in [-0.3, -0.25) is 14.2 Å². The van der Waals surface area contributed by atoms with Crippen LogP contribution in [0.1, 0.15) is 42.1 Å². The van der Waals surface area contributed by atoms with Crippen molar-refractivity contribution in [3.63, 3.8) is 0 Å². The van der Waals surface area contributed by atoms with Gasteiger partial charge in [0.1, 0.15) is 11.8 Å². The van der Waals surface area contributed by atoms with Gasteiger partial charge in [-0.15, -0.1) is 0 Å². The molecule has 1 saturated heterocycles. The van der Waals surface area contributed by atoms with Gasteiger partial charge in [0.2, 0.25) is 5.91 Å². The highest BCUT2D eigenvalue weighted by Gasteiger charge is 2.29. The fourth-order valence-electron chi connectivity index (χ4n) is 4.61. The number of hydrogen-bond acceptors (Lipinski definition) is 6. The molecule has 1 aliphatic rings. The molecule has 0 bridgehead atoms. The van der Waals surface area contributed by atoms with Crippen molar-refractivity contribution in [2.45, 2.75) is 44.4 Å². The zero-order valence-corrected chi connectivity index (χ0v) is 22.2. The average Bonchev–Trinajstić information content (AvgIpc) is 2.93. The van der Waals surface area contributed by atoms with Gasteiger partial charge in [-0.05, 0) is 67.8 Å². The molecule has 0 aliphatic carbocycles. The van der Waals surface area contributed by atoms with Gasteiger partial charge in [-0.1, -0.05) is 11.6 Å². The van der Waals surface area contributed by atoms with Crippen LogP contribution < -0.4 is 20.3 Å². The fraction of sp³-hybridized carbons (Fsp3) is 0.321. The second kappa shape index (κ2) is 12.9. The van der Waals surface area contributed by atoms with Crippen molar-refractivity contribution in [2.75, 3.05) is 19.0 Å². The number of halogens is 3. The number of methoxy groups -OCH3 is 1. The Balaban J connectivity index is 1.74. The molecule has 212 valence electrons. The number of rotatable bonds is 10. The summed E-state index contributed by atoms with van der Waals surface area (Å²) >= 11 is 6.11. The smallest absolute Gasteiger partial charge is 0.387 e. The van der Waals surface area contributed by atoms with Crippen molar-refractivity contribution in [3.05, 3.63) is 75.7 Å². The number of aromatic nitrogens is 1. The molecule has 2 N–H and O–H groups in total. The van der Waals surface area contributed by atoms with E-state index < -0.39 is 30.1 Å². The minimum Gasteiger partial charge on any atom is -0.491 e. The van der Waals surface area contributed by atoms with Crippen molar-refractivity contribution in [3.8, 4) is 22.6 Å². The van der Waals surface area contributed by atoms with Gasteiger partial charge in [0, 0.05) is 41.1 Å². The summed E-state index contributed by atoms with van der Waals surface area (Å²) in [7, 11) is 1.26. The van der Waals surface area contributed by atoms with Gasteiger partial charge in [-0.2, -0.15) is 8.78 Å². The zero-order valence-electron chi connectivity index (χ0n) is 21.4. The number of alkyl halides is 2. The van der Waals surface area contributed by atoms with E-state index in [1.807, 2.05) is 0 Å². The minimum absolute atomic E-state index is 0.0536. The number of nitrogens with one attached hydrogen (secondary N) is 1. The monoisotopic (exact) mass is 576 g/mol. The van der Waals surface area contributed by atoms with Crippen LogP contribution in [0.2, 0.25) is 5.02 Å². The Morgan fingerprint density at radius 2 is 1.90 bits per heavy atom. The van der Waals surface area contributed by atoms with Crippen molar-refractivity contribution < 1.29 is 37.7 Å². The highest BCUT2D eigenvalue weighted by Crippen LogP contribution is 2.38. The molecule has 12 heteroatoms. The maximum atomic E-state index is 13.7. The Labute approximate surface area is 233 Å².